The molecule has 2 aromatic rings. The van der Waals surface area contributed by atoms with Crippen molar-refractivity contribution in [1.82, 2.24) is 4.90 Å². The Hall–Kier alpha value is -3.21. The van der Waals surface area contributed by atoms with E-state index in [0.717, 1.165) is 16.5 Å². The number of hydrogen-bond acceptors (Lipinski definition) is 3. The standard InChI is InChI=1S/C20H17N3O2/c1-20(13-18(24)22-17-11-4-5-12-23(17)20)19(25)21-16-10-6-8-14-7-2-3-9-15(14)16/h2-12H,13H2,1H3,(H,21,25). The van der Waals surface area contributed by atoms with Crippen LogP contribution in [0.25, 0.3) is 10.8 Å². The lowest BCUT2D eigenvalue weighted by molar-refractivity contribution is -0.130. The lowest BCUT2D eigenvalue weighted by atomic mass is 9.91. The number of benzene rings is 2. The van der Waals surface area contributed by atoms with Gasteiger partial charge in [0.2, 0.25) is 0 Å². The number of amidine groups is 1. The van der Waals surface area contributed by atoms with Gasteiger partial charge >= 0.3 is 0 Å². The number of allylic oxidation sites excluding steroid dienone is 2. The minimum absolute atomic E-state index is 0.0330. The van der Waals surface area contributed by atoms with Crippen molar-refractivity contribution in [3.05, 3.63) is 66.9 Å². The Bertz CT molecular complexity index is 969. The number of fused-ring (bicyclic) bond motifs is 2. The Balaban J connectivity index is 1.70. The predicted octanol–water partition coefficient (Wildman–Crippen LogP) is 3.25. The number of nitrogens with zero attached hydrogens (tertiary/aromatic N) is 2. The molecule has 25 heavy (non-hydrogen) atoms. The van der Waals surface area contributed by atoms with E-state index in [4.69, 9.17) is 0 Å². The fraction of sp³-hybridized carbons (Fsp3) is 0.150. The number of anilines is 1. The molecule has 1 N–H and O–H groups in total. The van der Waals surface area contributed by atoms with Crippen LogP contribution in [-0.2, 0) is 9.59 Å². The van der Waals surface area contributed by atoms with Crippen LogP contribution in [0.3, 0.4) is 0 Å². The first-order valence-electron chi connectivity index (χ1n) is 8.13. The number of rotatable bonds is 2. The van der Waals surface area contributed by atoms with Gasteiger partial charge in [0.25, 0.3) is 11.8 Å². The van der Waals surface area contributed by atoms with Crippen molar-refractivity contribution in [2.24, 2.45) is 4.99 Å². The second-order valence-corrected chi connectivity index (χ2v) is 6.37. The summed E-state index contributed by atoms with van der Waals surface area (Å²) in [5, 5.41) is 5.02. The molecule has 5 heteroatoms. The molecule has 2 heterocycles. The van der Waals surface area contributed by atoms with E-state index in [1.807, 2.05) is 48.5 Å². The van der Waals surface area contributed by atoms with Crippen LogP contribution in [0, 0.1) is 0 Å². The Labute approximate surface area is 145 Å². The first-order valence-corrected chi connectivity index (χ1v) is 8.13. The molecule has 0 aliphatic carbocycles. The highest BCUT2D eigenvalue weighted by molar-refractivity contribution is 6.13. The first-order chi connectivity index (χ1) is 12.1. The van der Waals surface area contributed by atoms with E-state index in [0.29, 0.717) is 5.84 Å². The van der Waals surface area contributed by atoms with Gasteiger partial charge < -0.3 is 10.2 Å². The molecule has 2 aliphatic heterocycles. The average molecular weight is 331 g/mol. The monoisotopic (exact) mass is 331 g/mol. The van der Waals surface area contributed by atoms with E-state index >= 15 is 0 Å². The smallest absolute Gasteiger partial charge is 0.250 e. The summed E-state index contributed by atoms with van der Waals surface area (Å²) in [6, 6.07) is 13.6. The topological polar surface area (TPSA) is 61.8 Å². The third-order valence-electron chi connectivity index (χ3n) is 4.63. The molecule has 0 radical (unpaired) electrons. The zero-order chi connectivity index (χ0) is 17.4. The number of hydrogen-bond donors (Lipinski definition) is 1. The van der Waals surface area contributed by atoms with Crippen molar-refractivity contribution < 1.29 is 9.59 Å². The molecular weight excluding hydrogens is 314 g/mol. The molecular formula is C20H17N3O2. The molecule has 0 saturated carbocycles. The van der Waals surface area contributed by atoms with Crippen LogP contribution in [0.2, 0.25) is 0 Å². The maximum absolute atomic E-state index is 13.1. The highest BCUT2D eigenvalue weighted by Gasteiger charge is 2.45. The first kappa shape index (κ1) is 15.3. The molecule has 1 unspecified atom stereocenters. The minimum Gasteiger partial charge on any atom is -0.323 e. The van der Waals surface area contributed by atoms with Gasteiger partial charge in [-0.1, -0.05) is 42.5 Å². The van der Waals surface area contributed by atoms with Crippen molar-refractivity contribution in [2.75, 3.05) is 5.32 Å². The van der Waals surface area contributed by atoms with Crippen LogP contribution in [0.5, 0.6) is 0 Å². The van der Waals surface area contributed by atoms with Gasteiger partial charge in [-0.3, -0.25) is 9.59 Å². The van der Waals surface area contributed by atoms with Gasteiger partial charge in [0.05, 0.1) is 6.42 Å². The number of nitrogens with one attached hydrogen (secondary N) is 1. The van der Waals surface area contributed by atoms with Crippen molar-refractivity contribution in [2.45, 2.75) is 18.9 Å². The van der Waals surface area contributed by atoms with Gasteiger partial charge in [-0.05, 0) is 30.5 Å². The van der Waals surface area contributed by atoms with Gasteiger partial charge in [-0.25, -0.2) is 0 Å². The van der Waals surface area contributed by atoms with Gasteiger partial charge in [0.1, 0.15) is 11.4 Å². The largest absolute Gasteiger partial charge is 0.323 e. The molecule has 2 aromatic carbocycles. The SMILES string of the molecule is CC1(C(=O)Nc2cccc3ccccc23)CC(=O)N=C2C=CC=CN21. The van der Waals surface area contributed by atoms with Gasteiger partial charge in [-0.2, -0.15) is 4.99 Å². The van der Waals surface area contributed by atoms with E-state index in [2.05, 4.69) is 10.3 Å². The fourth-order valence-corrected chi connectivity index (χ4v) is 3.27. The minimum atomic E-state index is -1.02. The summed E-state index contributed by atoms with van der Waals surface area (Å²) in [7, 11) is 0. The van der Waals surface area contributed by atoms with Crippen LogP contribution in [0.4, 0.5) is 5.69 Å². The molecule has 0 saturated heterocycles. The molecule has 0 aromatic heterocycles. The average Bonchev–Trinajstić information content (AvgIpc) is 2.62. The van der Waals surface area contributed by atoms with Crippen LogP contribution in [-0.4, -0.2) is 28.1 Å². The van der Waals surface area contributed by atoms with Crippen LogP contribution in [0.1, 0.15) is 13.3 Å². The van der Waals surface area contributed by atoms with Crippen molar-refractivity contribution in [3.63, 3.8) is 0 Å². The van der Waals surface area contributed by atoms with Crippen molar-refractivity contribution in [1.29, 1.82) is 0 Å². The Morgan fingerprint density at radius 3 is 2.84 bits per heavy atom. The third-order valence-corrected chi connectivity index (χ3v) is 4.63. The van der Waals surface area contributed by atoms with Gasteiger partial charge in [0, 0.05) is 17.3 Å². The zero-order valence-electron chi connectivity index (χ0n) is 13.8. The third kappa shape index (κ3) is 2.54. The normalized spacial score (nSPS) is 21.9. The van der Waals surface area contributed by atoms with Crippen LogP contribution < -0.4 is 5.32 Å². The van der Waals surface area contributed by atoms with Crippen molar-refractivity contribution in [3.8, 4) is 0 Å². The molecule has 0 spiro atoms. The zero-order valence-corrected chi connectivity index (χ0v) is 13.8. The Kier molecular flexibility index (Phi) is 3.50. The van der Waals surface area contributed by atoms with Crippen molar-refractivity contribution >= 4 is 34.1 Å². The number of amides is 2. The fourth-order valence-electron chi connectivity index (χ4n) is 3.27. The molecule has 0 fully saturated rings. The molecule has 2 aliphatic rings. The van der Waals surface area contributed by atoms with E-state index in [-0.39, 0.29) is 18.2 Å². The molecule has 2 amide bonds. The lowest BCUT2D eigenvalue weighted by Crippen LogP contribution is -2.58. The number of aliphatic imine (C=N–C) groups is 1. The second-order valence-electron chi connectivity index (χ2n) is 6.37. The van der Waals surface area contributed by atoms with Gasteiger partial charge in [0.15, 0.2) is 0 Å². The van der Waals surface area contributed by atoms with E-state index in [1.54, 1.807) is 30.2 Å². The maximum Gasteiger partial charge on any atom is 0.250 e. The predicted molar refractivity (Wildman–Crippen MR) is 98.2 cm³/mol. The van der Waals surface area contributed by atoms with Gasteiger partial charge in [-0.15, -0.1) is 0 Å². The molecule has 0 bridgehead atoms. The van der Waals surface area contributed by atoms with E-state index < -0.39 is 5.54 Å². The highest BCUT2D eigenvalue weighted by Crippen LogP contribution is 2.31. The highest BCUT2D eigenvalue weighted by atomic mass is 16.2. The second kappa shape index (κ2) is 5.70. The van der Waals surface area contributed by atoms with E-state index in [1.165, 1.54) is 0 Å². The summed E-state index contributed by atoms with van der Waals surface area (Å²) in [6.07, 6.45) is 7.19. The number of carbonyl (C=O) groups excluding carboxylic acids is 2. The van der Waals surface area contributed by atoms with E-state index in [9.17, 15) is 9.59 Å². The summed E-state index contributed by atoms with van der Waals surface area (Å²) in [5.41, 5.74) is -0.288. The molecule has 124 valence electrons. The summed E-state index contributed by atoms with van der Waals surface area (Å²) < 4.78 is 0. The summed E-state index contributed by atoms with van der Waals surface area (Å²) >= 11 is 0. The summed E-state index contributed by atoms with van der Waals surface area (Å²) in [6.45, 7) is 1.77. The quantitative estimate of drug-likeness (QED) is 0.919. The summed E-state index contributed by atoms with van der Waals surface area (Å²) in [4.78, 5) is 30.9. The van der Waals surface area contributed by atoms with Crippen LogP contribution >= 0.6 is 0 Å². The molecule has 4 rings (SSSR count). The number of carbonyl (C=O) groups is 2. The Morgan fingerprint density at radius 2 is 1.96 bits per heavy atom. The Morgan fingerprint density at radius 1 is 1.16 bits per heavy atom. The maximum atomic E-state index is 13.1. The molecule has 1 atom stereocenters. The summed E-state index contributed by atoms with van der Waals surface area (Å²) in [5.74, 6) is -0.0272. The van der Waals surface area contributed by atoms with Crippen LogP contribution in [0.15, 0.2) is 71.9 Å². The molecule has 5 nitrogen and oxygen atoms in total. The lowest BCUT2D eigenvalue weighted by Gasteiger charge is -2.41.